The zero-order valence-electron chi connectivity index (χ0n) is 12.2. The highest BCUT2D eigenvalue weighted by Gasteiger charge is 2.46. The van der Waals surface area contributed by atoms with Gasteiger partial charge in [-0.2, -0.15) is 0 Å². The van der Waals surface area contributed by atoms with Crippen molar-refractivity contribution in [3.8, 4) is 0 Å². The molecule has 4 nitrogen and oxygen atoms in total. The van der Waals surface area contributed by atoms with Crippen molar-refractivity contribution in [2.45, 2.75) is 32.0 Å². The van der Waals surface area contributed by atoms with Crippen molar-refractivity contribution in [3.05, 3.63) is 0 Å². The van der Waals surface area contributed by atoms with Crippen LogP contribution in [0.4, 0.5) is 0 Å². The predicted molar refractivity (Wildman–Crippen MR) is 80.6 cm³/mol. The molecule has 4 unspecified atom stereocenters. The smallest absolute Gasteiger partial charge is 0.0903 e. The fraction of sp³-hybridized carbons (Fsp3) is 1.00. The lowest BCUT2D eigenvalue weighted by Crippen LogP contribution is -2.35. The summed E-state index contributed by atoms with van der Waals surface area (Å²) in [5, 5.41) is 6.98. The van der Waals surface area contributed by atoms with E-state index in [1.54, 1.807) is 0 Å². The van der Waals surface area contributed by atoms with Gasteiger partial charge in [0, 0.05) is 30.8 Å². The molecule has 0 aromatic carbocycles. The third-order valence-electron chi connectivity index (χ3n) is 4.03. The third kappa shape index (κ3) is 4.33. The van der Waals surface area contributed by atoms with Gasteiger partial charge in [0.1, 0.15) is 0 Å². The van der Waals surface area contributed by atoms with Crippen molar-refractivity contribution in [1.29, 1.82) is 0 Å². The average Bonchev–Trinajstić information content (AvgIpc) is 2.99. The SMILES string of the molecule is CCCCNCC1COC2C(CNCSC)COC12. The molecular formula is C14H28N2O2S. The quantitative estimate of drug-likeness (QED) is 0.495. The molecule has 0 saturated carbocycles. The van der Waals surface area contributed by atoms with Crippen LogP contribution in [0.15, 0.2) is 0 Å². The Hall–Kier alpha value is 0.190. The second-order valence-electron chi connectivity index (χ2n) is 5.56. The molecule has 0 aliphatic carbocycles. The van der Waals surface area contributed by atoms with E-state index < -0.39 is 0 Å². The van der Waals surface area contributed by atoms with Crippen LogP contribution in [0.2, 0.25) is 0 Å². The van der Waals surface area contributed by atoms with Crippen LogP contribution in [-0.4, -0.2) is 57.2 Å². The molecule has 2 aliphatic rings. The molecule has 4 atom stereocenters. The summed E-state index contributed by atoms with van der Waals surface area (Å²) in [5.74, 6) is 2.07. The summed E-state index contributed by atoms with van der Waals surface area (Å²) in [6.45, 7) is 7.09. The van der Waals surface area contributed by atoms with Crippen LogP contribution in [0.5, 0.6) is 0 Å². The van der Waals surface area contributed by atoms with Gasteiger partial charge >= 0.3 is 0 Å². The Morgan fingerprint density at radius 1 is 1.05 bits per heavy atom. The van der Waals surface area contributed by atoms with Gasteiger partial charge in [0.2, 0.25) is 0 Å². The minimum atomic E-state index is 0.312. The first-order chi connectivity index (χ1) is 9.36. The second-order valence-corrected chi connectivity index (χ2v) is 6.43. The van der Waals surface area contributed by atoms with Crippen LogP contribution in [-0.2, 0) is 9.47 Å². The third-order valence-corrected chi connectivity index (χ3v) is 4.52. The molecule has 112 valence electrons. The topological polar surface area (TPSA) is 42.5 Å². The molecular weight excluding hydrogens is 260 g/mol. The summed E-state index contributed by atoms with van der Waals surface area (Å²) in [6, 6.07) is 0. The Balaban J connectivity index is 1.68. The maximum absolute atomic E-state index is 5.98. The van der Waals surface area contributed by atoms with Gasteiger partial charge in [-0.3, -0.25) is 0 Å². The van der Waals surface area contributed by atoms with Crippen molar-refractivity contribution in [2.24, 2.45) is 11.8 Å². The fourth-order valence-electron chi connectivity index (χ4n) is 2.94. The van der Waals surface area contributed by atoms with E-state index >= 15 is 0 Å². The Morgan fingerprint density at radius 2 is 1.68 bits per heavy atom. The Kier molecular flexibility index (Phi) is 6.94. The van der Waals surface area contributed by atoms with E-state index in [9.17, 15) is 0 Å². The Labute approximate surface area is 121 Å². The van der Waals surface area contributed by atoms with Gasteiger partial charge in [-0.1, -0.05) is 13.3 Å². The van der Waals surface area contributed by atoms with E-state index in [1.807, 2.05) is 11.8 Å². The summed E-state index contributed by atoms with van der Waals surface area (Å²) < 4.78 is 12.0. The van der Waals surface area contributed by atoms with Gasteiger partial charge in [-0.05, 0) is 19.2 Å². The molecule has 2 heterocycles. The van der Waals surface area contributed by atoms with Crippen LogP contribution >= 0.6 is 11.8 Å². The largest absolute Gasteiger partial charge is 0.375 e. The number of ether oxygens (including phenoxy) is 2. The fourth-order valence-corrected chi connectivity index (χ4v) is 3.27. The highest BCUT2D eigenvalue weighted by atomic mass is 32.2. The summed E-state index contributed by atoms with van der Waals surface area (Å²) in [4.78, 5) is 0. The lowest BCUT2D eigenvalue weighted by Gasteiger charge is -2.17. The summed E-state index contributed by atoms with van der Waals surface area (Å²) in [7, 11) is 0. The second kappa shape index (κ2) is 8.47. The average molecular weight is 288 g/mol. The van der Waals surface area contributed by atoms with Crippen LogP contribution in [0.3, 0.4) is 0 Å². The van der Waals surface area contributed by atoms with Crippen molar-refractivity contribution < 1.29 is 9.47 Å². The predicted octanol–water partition coefficient (Wildman–Crippen LogP) is 1.32. The summed E-state index contributed by atoms with van der Waals surface area (Å²) >= 11 is 1.82. The molecule has 0 bridgehead atoms. The van der Waals surface area contributed by atoms with Crippen LogP contribution in [0.1, 0.15) is 19.8 Å². The van der Waals surface area contributed by atoms with Crippen LogP contribution < -0.4 is 10.6 Å². The van der Waals surface area contributed by atoms with E-state index in [0.717, 1.165) is 38.7 Å². The first kappa shape index (κ1) is 15.6. The summed E-state index contributed by atoms with van der Waals surface area (Å²) in [5.41, 5.74) is 0. The summed E-state index contributed by atoms with van der Waals surface area (Å²) in [6.07, 6.45) is 5.25. The molecule has 5 heteroatoms. The van der Waals surface area contributed by atoms with Crippen molar-refractivity contribution in [3.63, 3.8) is 0 Å². The number of rotatable bonds is 9. The lowest BCUT2D eigenvalue weighted by molar-refractivity contribution is 0.0605. The molecule has 0 radical (unpaired) electrons. The molecule has 0 aromatic heterocycles. The maximum Gasteiger partial charge on any atom is 0.0903 e. The molecule has 0 amide bonds. The van der Waals surface area contributed by atoms with E-state index in [1.165, 1.54) is 12.8 Å². The zero-order chi connectivity index (χ0) is 13.5. The molecule has 0 spiro atoms. The first-order valence-corrected chi connectivity index (χ1v) is 8.89. The normalized spacial score (nSPS) is 33.8. The van der Waals surface area contributed by atoms with Crippen LogP contribution in [0.25, 0.3) is 0 Å². The van der Waals surface area contributed by atoms with E-state index in [-0.39, 0.29) is 0 Å². The van der Waals surface area contributed by atoms with Crippen molar-refractivity contribution in [1.82, 2.24) is 10.6 Å². The Morgan fingerprint density at radius 3 is 2.26 bits per heavy atom. The number of nitrogens with one attached hydrogen (secondary N) is 2. The standard InChI is InChI=1S/C14H28N2O2S/c1-3-4-5-15-6-11-8-17-14-12(7-16-10-19-2)9-18-13(11)14/h11-16H,3-10H2,1-2H3. The highest BCUT2D eigenvalue weighted by molar-refractivity contribution is 7.98. The number of fused-ring (bicyclic) bond motifs is 1. The van der Waals surface area contributed by atoms with Gasteiger partial charge in [0.05, 0.1) is 25.4 Å². The van der Waals surface area contributed by atoms with E-state index in [4.69, 9.17) is 9.47 Å². The van der Waals surface area contributed by atoms with Gasteiger partial charge in [0.25, 0.3) is 0 Å². The van der Waals surface area contributed by atoms with Crippen molar-refractivity contribution >= 4 is 11.8 Å². The lowest BCUT2D eigenvalue weighted by atomic mass is 9.96. The van der Waals surface area contributed by atoms with E-state index in [0.29, 0.717) is 24.0 Å². The van der Waals surface area contributed by atoms with E-state index in [2.05, 4.69) is 23.8 Å². The van der Waals surface area contributed by atoms with Gasteiger partial charge in [-0.15, -0.1) is 11.8 Å². The Bertz CT molecular complexity index is 256. The molecule has 2 N–H and O–H groups in total. The molecule has 19 heavy (non-hydrogen) atoms. The number of hydrogen-bond donors (Lipinski definition) is 2. The molecule has 2 saturated heterocycles. The number of hydrogen-bond acceptors (Lipinski definition) is 5. The van der Waals surface area contributed by atoms with Crippen molar-refractivity contribution in [2.75, 3.05) is 45.0 Å². The maximum atomic E-state index is 5.98. The minimum Gasteiger partial charge on any atom is -0.375 e. The molecule has 2 fully saturated rings. The monoisotopic (exact) mass is 288 g/mol. The molecule has 2 rings (SSSR count). The highest BCUT2D eigenvalue weighted by Crippen LogP contribution is 2.34. The number of thioether (sulfide) groups is 1. The van der Waals surface area contributed by atoms with Gasteiger partial charge in [0.15, 0.2) is 0 Å². The number of unbranched alkanes of at least 4 members (excludes halogenated alkanes) is 1. The van der Waals surface area contributed by atoms with Gasteiger partial charge in [-0.25, -0.2) is 0 Å². The molecule has 0 aromatic rings. The van der Waals surface area contributed by atoms with Gasteiger partial charge < -0.3 is 20.1 Å². The molecule has 2 aliphatic heterocycles. The minimum absolute atomic E-state index is 0.312. The van der Waals surface area contributed by atoms with Crippen LogP contribution in [0, 0.1) is 11.8 Å². The first-order valence-electron chi connectivity index (χ1n) is 7.50. The zero-order valence-corrected chi connectivity index (χ0v) is 13.0.